The molecule has 7 heteroatoms. The molecule has 0 N–H and O–H groups in total. The van der Waals surface area contributed by atoms with Gasteiger partial charge >= 0.3 is 140 Å². The van der Waals surface area contributed by atoms with Crippen LogP contribution >= 0.6 is 47.0 Å². The molecular formula is C14H22Cl4Si2Zr. The molecule has 0 saturated carbocycles. The Balaban J connectivity index is 0.00000200. The molecule has 2 aliphatic rings. The molecule has 2 aliphatic carbocycles. The van der Waals surface area contributed by atoms with Crippen molar-refractivity contribution in [3.05, 3.63) is 41.3 Å². The van der Waals surface area contributed by atoms with Crippen LogP contribution in [0.2, 0.25) is 26.2 Å². The summed E-state index contributed by atoms with van der Waals surface area (Å²) in [6.07, 6.45) is 11.5. The third kappa shape index (κ3) is 5.78. The van der Waals surface area contributed by atoms with Crippen molar-refractivity contribution in [1.29, 1.82) is 0 Å². The fourth-order valence-corrected chi connectivity index (χ4v) is 15.8. The van der Waals surface area contributed by atoms with Gasteiger partial charge in [0, 0.05) is 0 Å². The van der Waals surface area contributed by atoms with E-state index in [0.29, 0.717) is 0 Å². The summed E-state index contributed by atoms with van der Waals surface area (Å²) in [5.74, 6) is 0. The van der Waals surface area contributed by atoms with E-state index in [0.717, 1.165) is 12.8 Å². The van der Waals surface area contributed by atoms with E-state index >= 15 is 0 Å². The Bertz CT molecular complexity index is 462. The molecule has 0 fully saturated rings. The molecule has 0 spiro atoms. The Labute approximate surface area is 163 Å². The Kier molecular flexibility index (Phi) is 9.09. The van der Waals surface area contributed by atoms with Crippen molar-refractivity contribution >= 4 is 61.7 Å². The maximum atomic E-state index is 6.65. The van der Waals surface area contributed by atoms with Crippen LogP contribution in [0, 0.1) is 0 Å². The summed E-state index contributed by atoms with van der Waals surface area (Å²) in [5, 5.41) is 3.02. The zero-order valence-electron chi connectivity index (χ0n) is 12.8. The van der Waals surface area contributed by atoms with Gasteiger partial charge in [0.15, 0.2) is 0 Å². The van der Waals surface area contributed by atoms with E-state index in [4.69, 9.17) is 22.2 Å². The number of hydrogen-bond acceptors (Lipinski definition) is 0. The van der Waals surface area contributed by atoms with Gasteiger partial charge in [0.25, 0.3) is 0 Å². The predicted octanol–water partition coefficient (Wildman–Crippen LogP) is 6.31. The first-order valence-electron chi connectivity index (χ1n) is 6.65. The normalized spacial score (nSPS) is 18.0. The molecule has 0 aromatic heterocycles. The van der Waals surface area contributed by atoms with E-state index in [-0.39, 0.29) is 24.8 Å². The number of hydrogen-bond donors (Lipinski definition) is 0. The van der Waals surface area contributed by atoms with Gasteiger partial charge in [0.1, 0.15) is 0 Å². The van der Waals surface area contributed by atoms with Crippen LogP contribution in [-0.4, -0.2) is 14.8 Å². The van der Waals surface area contributed by atoms with Crippen molar-refractivity contribution in [1.82, 2.24) is 0 Å². The first-order valence-corrected chi connectivity index (χ1v) is 17.1. The van der Waals surface area contributed by atoms with Gasteiger partial charge in [-0.25, -0.2) is 0 Å². The van der Waals surface area contributed by atoms with Crippen molar-refractivity contribution in [3.8, 4) is 0 Å². The molecule has 0 unspecified atom stereocenters. The largest absolute Gasteiger partial charge is 0.147 e. The number of allylic oxidation sites excluding steroid dienone is 8. The standard InChI is InChI=1S/2C7H10ClSi.2ClH.Zr/c2*1-9(2,8)7-5-3-4-6-7;;;/h2*3,5H,4H2,1-2H3;2*1H;. The maximum absolute atomic E-state index is 6.65. The van der Waals surface area contributed by atoms with Crippen LogP contribution < -0.4 is 0 Å². The van der Waals surface area contributed by atoms with Crippen LogP contribution in [0.3, 0.4) is 0 Å². The maximum Gasteiger partial charge on any atom is -0.147 e. The summed E-state index contributed by atoms with van der Waals surface area (Å²) < 4.78 is 3.39. The zero-order valence-corrected chi connectivity index (χ0v) is 20.4. The molecule has 0 saturated heterocycles. The van der Waals surface area contributed by atoms with Gasteiger partial charge in [0.05, 0.1) is 0 Å². The second kappa shape index (κ2) is 8.51. The minimum absolute atomic E-state index is 0. The van der Waals surface area contributed by atoms with E-state index in [1.54, 1.807) is 6.56 Å². The fourth-order valence-electron chi connectivity index (χ4n) is 2.54. The van der Waals surface area contributed by atoms with E-state index < -0.39 is 38.0 Å². The van der Waals surface area contributed by atoms with E-state index in [2.05, 4.69) is 50.5 Å². The van der Waals surface area contributed by atoms with Gasteiger partial charge in [-0.2, -0.15) is 0 Å². The third-order valence-corrected chi connectivity index (χ3v) is 13.2. The fraction of sp³-hybridized carbons (Fsp3) is 0.429. The average Bonchev–Trinajstić information content (AvgIpc) is 2.83. The summed E-state index contributed by atoms with van der Waals surface area (Å²) in [5.41, 5.74) is 0. The van der Waals surface area contributed by atoms with Crippen LogP contribution in [0.1, 0.15) is 12.8 Å². The van der Waals surface area contributed by atoms with Gasteiger partial charge in [-0.15, -0.1) is 24.8 Å². The number of rotatable bonds is 4. The molecule has 0 aliphatic heterocycles. The number of halogens is 4. The Morgan fingerprint density at radius 1 is 0.810 bits per heavy atom. The Morgan fingerprint density at radius 3 is 1.43 bits per heavy atom. The molecule has 118 valence electrons. The molecule has 21 heavy (non-hydrogen) atoms. The van der Waals surface area contributed by atoms with Crippen LogP contribution in [0.5, 0.6) is 0 Å². The third-order valence-electron chi connectivity index (χ3n) is 3.45. The molecule has 0 radical (unpaired) electrons. The molecule has 0 heterocycles. The first kappa shape index (κ1) is 22.4. The van der Waals surface area contributed by atoms with Gasteiger partial charge in [-0.3, -0.25) is 0 Å². The van der Waals surface area contributed by atoms with E-state index in [1.807, 2.05) is 0 Å². The zero-order chi connectivity index (χ0) is 14.3. The van der Waals surface area contributed by atoms with Crippen LogP contribution in [-0.2, 0) is 23.2 Å². The van der Waals surface area contributed by atoms with Gasteiger partial charge in [-0.1, -0.05) is 0 Å². The molecule has 2 rings (SSSR count). The van der Waals surface area contributed by atoms with Gasteiger partial charge < -0.3 is 0 Å². The van der Waals surface area contributed by atoms with Crippen LogP contribution in [0.25, 0.3) is 0 Å². The van der Waals surface area contributed by atoms with E-state index in [9.17, 15) is 0 Å². The summed E-state index contributed by atoms with van der Waals surface area (Å²) in [6.45, 7) is 8.95. The SMILES string of the molecule is C[Si](C)(Cl)C1=[C]([Zr][C]2=C([Si](C)(C)Cl)C=CC2)CC=C1.Cl.Cl. The molecule has 0 aromatic rings. The average molecular weight is 480 g/mol. The van der Waals surface area contributed by atoms with Gasteiger partial charge in [0.2, 0.25) is 0 Å². The molecule has 0 amide bonds. The second-order valence-electron chi connectivity index (χ2n) is 6.07. The minimum Gasteiger partial charge on any atom is -0.147 e. The molecule has 0 nitrogen and oxygen atoms in total. The minimum atomic E-state index is -1.68. The summed E-state index contributed by atoms with van der Waals surface area (Å²) in [4.78, 5) is 0. The Morgan fingerprint density at radius 2 is 1.14 bits per heavy atom. The molecule has 0 aromatic carbocycles. The van der Waals surface area contributed by atoms with Crippen molar-refractivity contribution in [3.63, 3.8) is 0 Å². The van der Waals surface area contributed by atoms with Crippen molar-refractivity contribution in [2.45, 2.75) is 39.0 Å². The van der Waals surface area contributed by atoms with Crippen LogP contribution in [0.4, 0.5) is 0 Å². The Hall–Kier alpha value is 1.44. The molecular weight excluding hydrogens is 457 g/mol. The van der Waals surface area contributed by atoms with Crippen molar-refractivity contribution < 1.29 is 23.2 Å². The second-order valence-corrected chi connectivity index (χ2v) is 22.3. The van der Waals surface area contributed by atoms with Crippen LogP contribution in [0.15, 0.2) is 41.3 Å². The predicted molar refractivity (Wildman–Crippen MR) is 103 cm³/mol. The smallest absolute Gasteiger partial charge is 0.147 e. The monoisotopic (exact) mass is 476 g/mol. The topological polar surface area (TPSA) is 0 Å². The van der Waals surface area contributed by atoms with Gasteiger partial charge in [-0.05, 0) is 0 Å². The molecule has 0 bridgehead atoms. The summed E-state index contributed by atoms with van der Waals surface area (Å²) in [6, 6.07) is 0. The first-order chi connectivity index (χ1) is 8.69. The van der Waals surface area contributed by atoms with Crippen molar-refractivity contribution in [2.75, 3.05) is 0 Å². The summed E-state index contributed by atoms with van der Waals surface area (Å²) >= 11 is 12.6. The van der Waals surface area contributed by atoms with E-state index in [1.165, 1.54) is 10.4 Å². The van der Waals surface area contributed by atoms with Crippen molar-refractivity contribution in [2.24, 2.45) is 0 Å². The molecule has 0 atom stereocenters. The summed E-state index contributed by atoms with van der Waals surface area (Å²) in [7, 11) is -3.37. The quantitative estimate of drug-likeness (QED) is 0.328.